The number of aromatic nitrogens is 2. The second-order valence-corrected chi connectivity index (χ2v) is 6.69. The van der Waals surface area contributed by atoms with Crippen molar-refractivity contribution in [3.63, 3.8) is 0 Å². The van der Waals surface area contributed by atoms with E-state index in [1.165, 1.54) is 6.26 Å². The number of rotatable bonds is 5. The van der Waals surface area contributed by atoms with Gasteiger partial charge in [0.2, 0.25) is 5.95 Å². The third-order valence-corrected chi connectivity index (χ3v) is 3.98. The first-order valence-corrected chi connectivity index (χ1v) is 8.44. The molecular weight excluding hydrogens is 288 g/mol. The molecule has 0 bridgehead atoms. The molecule has 0 spiro atoms. The van der Waals surface area contributed by atoms with Crippen molar-refractivity contribution in [1.82, 2.24) is 9.97 Å². The Morgan fingerprint density at radius 2 is 1.86 bits per heavy atom. The zero-order valence-electron chi connectivity index (χ0n) is 12.2. The Balaban J connectivity index is 2.23. The van der Waals surface area contributed by atoms with Crippen molar-refractivity contribution in [2.45, 2.75) is 18.7 Å². The average molecular weight is 306 g/mol. The Morgan fingerprint density at radius 3 is 2.43 bits per heavy atom. The zero-order chi connectivity index (χ0) is 15.5. The molecule has 6 nitrogen and oxygen atoms in total. The van der Waals surface area contributed by atoms with Crippen molar-refractivity contribution >= 4 is 27.3 Å². The van der Waals surface area contributed by atoms with E-state index in [0.29, 0.717) is 16.7 Å². The lowest BCUT2D eigenvalue weighted by Crippen LogP contribution is -2.05. The number of nitrogens with one attached hydrogen (secondary N) is 2. The van der Waals surface area contributed by atoms with Crippen molar-refractivity contribution in [3.05, 3.63) is 36.0 Å². The van der Waals surface area contributed by atoms with Crippen LogP contribution in [-0.2, 0) is 9.84 Å². The monoisotopic (exact) mass is 306 g/mol. The molecule has 0 aliphatic rings. The molecular formula is C14H18N4O2S. The van der Waals surface area contributed by atoms with Crippen molar-refractivity contribution < 1.29 is 8.42 Å². The van der Waals surface area contributed by atoms with Gasteiger partial charge < -0.3 is 10.6 Å². The molecule has 0 fully saturated rings. The van der Waals surface area contributed by atoms with Crippen LogP contribution >= 0.6 is 0 Å². The number of hydrogen-bond acceptors (Lipinski definition) is 6. The van der Waals surface area contributed by atoms with Crippen LogP contribution in [0.5, 0.6) is 0 Å². The molecule has 0 atom stereocenters. The standard InChI is InChI=1S/C14H18N4O2S/c1-4-15-14-16-9-10(2)13(18-14)17-11-5-7-12(8-6-11)21(3,19)20/h5-9H,4H2,1-3H3,(H2,15,16,17,18). The Kier molecular flexibility index (Phi) is 4.42. The van der Waals surface area contributed by atoms with E-state index in [9.17, 15) is 8.42 Å². The van der Waals surface area contributed by atoms with Gasteiger partial charge in [0.25, 0.3) is 0 Å². The summed E-state index contributed by atoms with van der Waals surface area (Å²) in [6.45, 7) is 4.62. The molecule has 1 aromatic carbocycles. The Hall–Kier alpha value is -2.15. The van der Waals surface area contributed by atoms with Crippen LogP contribution in [0.1, 0.15) is 12.5 Å². The molecule has 0 aliphatic heterocycles. The minimum Gasteiger partial charge on any atom is -0.354 e. The lowest BCUT2D eigenvalue weighted by Gasteiger charge is -2.10. The average Bonchev–Trinajstić information content (AvgIpc) is 2.42. The van der Waals surface area contributed by atoms with E-state index in [1.807, 2.05) is 13.8 Å². The van der Waals surface area contributed by atoms with Crippen LogP contribution in [0.15, 0.2) is 35.4 Å². The summed E-state index contributed by atoms with van der Waals surface area (Å²) in [6.07, 6.45) is 2.92. The molecule has 0 unspecified atom stereocenters. The van der Waals surface area contributed by atoms with Gasteiger partial charge in [-0.3, -0.25) is 0 Å². The second kappa shape index (κ2) is 6.09. The van der Waals surface area contributed by atoms with Crippen molar-refractivity contribution in [3.8, 4) is 0 Å². The van der Waals surface area contributed by atoms with Crippen molar-refractivity contribution in [2.75, 3.05) is 23.4 Å². The van der Waals surface area contributed by atoms with E-state index in [2.05, 4.69) is 20.6 Å². The van der Waals surface area contributed by atoms with Crippen LogP contribution in [-0.4, -0.2) is 31.2 Å². The lowest BCUT2D eigenvalue weighted by atomic mass is 10.3. The van der Waals surface area contributed by atoms with Gasteiger partial charge in [-0.15, -0.1) is 0 Å². The third kappa shape index (κ3) is 3.91. The van der Waals surface area contributed by atoms with E-state index >= 15 is 0 Å². The van der Waals surface area contributed by atoms with Gasteiger partial charge in [-0.25, -0.2) is 13.4 Å². The highest BCUT2D eigenvalue weighted by molar-refractivity contribution is 7.90. The SMILES string of the molecule is CCNc1ncc(C)c(Nc2ccc(S(C)(=O)=O)cc2)n1. The first kappa shape index (κ1) is 15.2. The molecule has 21 heavy (non-hydrogen) atoms. The van der Waals surface area contributed by atoms with Gasteiger partial charge >= 0.3 is 0 Å². The highest BCUT2D eigenvalue weighted by atomic mass is 32.2. The number of anilines is 3. The molecule has 7 heteroatoms. The van der Waals surface area contributed by atoms with Gasteiger partial charge in [0, 0.05) is 30.2 Å². The van der Waals surface area contributed by atoms with E-state index in [-0.39, 0.29) is 0 Å². The van der Waals surface area contributed by atoms with Gasteiger partial charge in [-0.05, 0) is 38.1 Å². The van der Waals surface area contributed by atoms with Crippen LogP contribution in [0.3, 0.4) is 0 Å². The first-order valence-electron chi connectivity index (χ1n) is 6.55. The van der Waals surface area contributed by atoms with Gasteiger partial charge in [-0.2, -0.15) is 4.98 Å². The van der Waals surface area contributed by atoms with Gasteiger partial charge in [0.1, 0.15) is 5.82 Å². The fourth-order valence-corrected chi connectivity index (χ4v) is 2.36. The number of aryl methyl sites for hydroxylation is 1. The largest absolute Gasteiger partial charge is 0.354 e. The van der Waals surface area contributed by atoms with Crippen LogP contribution < -0.4 is 10.6 Å². The lowest BCUT2D eigenvalue weighted by molar-refractivity contribution is 0.602. The molecule has 1 heterocycles. The Bertz CT molecular complexity index is 727. The van der Waals surface area contributed by atoms with E-state index in [4.69, 9.17) is 0 Å². The molecule has 2 rings (SSSR count). The molecule has 0 aliphatic carbocycles. The number of nitrogens with zero attached hydrogens (tertiary/aromatic N) is 2. The van der Waals surface area contributed by atoms with Gasteiger partial charge in [0.15, 0.2) is 9.84 Å². The topological polar surface area (TPSA) is 84.0 Å². The minimum atomic E-state index is -3.18. The molecule has 2 aromatic rings. The number of sulfone groups is 1. The highest BCUT2D eigenvalue weighted by Crippen LogP contribution is 2.20. The Labute approximate surface area is 124 Å². The minimum absolute atomic E-state index is 0.292. The molecule has 0 saturated carbocycles. The Morgan fingerprint density at radius 1 is 1.19 bits per heavy atom. The molecule has 0 amide bonds. The summed E-state index contributed by atoms with van der Waals surface area (Å²) in [5.74, 6) is 1.24. The maximum Gasteiger partial charge on any atom is 0.224 e. The number of hydrogen-bond donors (Lipinski definition) is 2. The maximum absolute atomic E-state index is 11.4. The predicted molar refractivity (Wildman–Crippen MR) is 83.8 cm³/mol. The molecule has 112 valence electrons. The molecule has 2 N–H and O–H groups in total. The zero-order valence-corrected chi connectivity index (χ0v) is 13.0. The summed E-state index contributed by atoms with van der Waals surface area (Å²) in [4.78, 5) is 8.84. The van der Waals surface area contributed by atoms with Crippen LogP contribution in [0.25, 0.3) is 0 Å². The summed E-state index contributed by atoms with van der Waals surface area (Å²) in [5, 5.41) is 6.21. The third-order valence-electron chi connectivity index (χ3n) is 2.85. The van der Waals surface area contributed by atoms with Crippen molar-refractivity contribution in [1.29, 1.82) is 0 Å². The highest BCUT2D eigenvalue weighted by Gasteiger charge is 2.07. The summed E-state index contributed by atoms with van der Waals surface area (Å²) < 4.78 is 22.8. The summed E-state index contributed by atoms with van der Waals surface area (Å²) in [5.41, 5.74) is 1.68. The summed E-state index contributed by atoms with van der Waals surface area (Å²) >= 11 is 0. The van der Waals surface area contributed by atoms with Crippen molar-refractivity contribution in [2.24, 2.45) is 0 Å². The molecule has 0 saturated heterocycles. The fourth-order valence-electron chi connectivity index (χ4n) is 1.73. The van der Waals surface area contributed by atoms with E-state index < -0.39 is 9.84 Å². The summed E-state index contributed by atoms with van der Waals surface area (Å²) in [7, 11) is -3.18. The smallest absolute Gasteiger partial charge is 0.224 e. The fraction of sp³-hybridized carbons (Fsp3) is 0.286. The van der Waals surface area contributed by atoms with Crippen LogP contribution in [0, 0.1) is 6.92 Å². The molecule has 1 aromatic heterocycles. The number of benzene rings is 1. The first-order chi connectivity index (χ1) is 9.90. The van der Waals surface area contributed by atoms with Crippen LogP contribution in [0.4, 0.5) is 17.5 Å². The van der Waals surface area contributed by atoms with Gasteiger partial charge in [-0.1, -0.05) is 0 Å². The van der Waals surface area contributed by atoms with E-state index in [1.54, 1.807) is 30.5 Å². The second-order valence-electron chi connectivity index (χ2n) is 4.68. The molecule has 0 radical (unpaired) electrons. The van der Waals surface area contributed by atoms with Crippen LogP contribution in [0.2, 0.25) is 0 Å². The maximum atomic E-state index is 11.4. The van der Waals surface area contributed by atoms with E-state index in [0.717, 1.165) is 17.8 Å². The quantitative estimate of drug-likeness (QED) is 0.882. The normalized spacial score (nSPS) is 11.2. The van der Waals surface area contributed by atoms with Gasteiger partial charge in [0.05, 0.1) is 4.90 Å². The summed E-state index contributed by atoms with van der Waals surface area (Å²) in [6, 6.07) is 6.56. The predicted octanol–water partition coefficient (Wildman–Crippen LogP) is 2.36.